The molecule has 0 spiro atoms. The van der Waals surface area contributed by atoms with Crippen LogP contribution < -0.4 is 5.32 Å². The highest BCUT2D eigenvalue weighted by atomic mass is 32.2. The van der Waals surface area contributed by atoms with Crippen molar-refractivity contribution in [3.63, 3.8) is 0 Å². The average Bonchev–Trinajstić information content (AvgIpc) is 2.72. The van der Waals surface area contributed by atoms with Crippen LogP contribution in [0.15, 0.2) is 17.0 Å². The Morgan fingerprint density at radius 2 is 1.74 bits per heavy atom. The van der Waals surface area contributed by atoms with E-state index in [9.17, 15) is 10.1 Å². The maximum atomic E-state index is 12.4. The Balaban J connectivity index is 1.98. The number of rotatable bonds is 4. The number of nitrogens with zero attached hydrogens (tertiary/aromatic N) is 1. The zero-order valence-electron chi connectivity index (χ0n) is 14.4. The van der Waals surface area contributed by atoms with Crippen LogP contribution in [-0.2, 0) is 4.79 Å². The van der Waals surface area contributed by atoms with Crippen molar-refractivity contribution in [3.8, 4) is 6.07 Å². The molecule has 0 radical (unpaired) electrons. The van der Waals surface area contributed by atoms with E-state index in [1.54, 1.807) is 11.8 Å². The Kier molecular flexibility index (Phi) is 6.12. The molecule has 1 N–H and O–H groups in total. The van der Waals surface area contributed by atoms with Gasteiger partial charge < -0.3 is 5.32 Å². The van der Waals surface area contributed by atoms with Crippen LogP contribution in [0.4, 0.5) is 0 Å². The van der Waals surface area contributed by atoms with Crippen LogP contribution in [0.3, 0.4) is 0 Å². The molecule has 3 nitrogen and oxygen atoms in total. The molecule has 23 heavy (non-hydrogen) atoms. The predicted octanol–water partition coefficient (Wildman–Crippen LogP) is 4.44. The summed E-state index contributed by atoms with van der Waals surface area (Å²) in [5.74, 6) is 0.339. The van der Waals surface area contributed by atoms with Gasteiger partial charge in [0, 0.05) is 4.90 Å². The number of carbonyl (C=O) groups is 1. The lowest BCUT2D eigenvalue weighted by Crippen LogP contribution is -2.47. The van der Waals surface area contributed by atoms with E-state index in [2.05, 4.69) is 44.3 Å². The van der Waals surface area contributed by atoms with Gasteiger partial charge in [0.25, 0.3) is 0 Å². The fourth-order valence-electron chi connectivity index (χ4n) is 3.43. The van der Waals surface area contributed by atoms with Crippen molar-refractivity contribution in [2.24, 2.45) is 0 Å². The topological polar surface area (TPSA) is 52.9 Å². The summed E-state index contributed by atoms with van der Waals surface area (Å²) in [7, 11) is 0. The summed E-state index contributed by atoms with van der Waals surface area (Å²) < 4.78 is 0. The van der Waals surface area contributed by atoms with E-state index in [0.717, 1.165) is 38.5 Å². The highest BCUT2D eigenvalue weighted by Crippen LogP contribution is 2.29. The standard InChI is InChI=1S/C19H26N2OS/c1-14-10-15(2)18(16(3)11-14)23-12-17(22)21-19(13-20)8-6-4-5-7-9-19/h10-11H,4-9,12H2,1-3H3,(H,21,22). The molecular weight excluding hydrogens is 304 g/mol. The van der Waals surface area contributed by atoms with Crippen molar-refractivity contribution >= 4 is 17.7 Å². The largest absolute Gasteiger partial charge is 0.337 e. The molecule has 1 fully saturated rings. The third-order valence-corrected chi connectivity index (χ3v) is 5.84. The third kappa shape index (κ3) is 4.75. The number of hydrogen-bond acceptors (Lipinski definition) is 3. The minimum absolute atomic E-state index is 0.0298. The number of nitrogens with one attached hydrogen (secondary N) is 1. The summed E-state index contributed by atoms with van der Waals surface area (Å²) in [6, 6.07) is 6.67. The number of hydrogen-bond donors (Lipinski definition) is 1. The molecule has 1 amide bonds. The van der Waals surface area contributed by atoms with E-state index in [4.69, 9.17) is 0 Å². The van der Waals surface area contributed by atoms with Crippen molar-refractivity contribution in [1.29, 1.82) is 5.26 Å². The highest BCUT2D eigenvalue weighted by molar-refractivity contribution is 8.00. The zero-order valence-corrected chi connectivity index (χ0v) is 15.2. The van der Waals surface area contributed by atoms with Crippen molar-refractivity contribution in [2.45, 2.75) is 69.7 Å². The number of thioether (sulfide) groups is 1. The smallest absolute Gasteiger partial charge is 0.231 e. The molecule has 0 saturated heterocycles. The molecule has 1 aromatic rings. The van der Waals surface area contributed by atoms with Crippen LogP contribution in [0.5, 0.6) is 0 Å². The highest BCUT2D eigenvalue weighted by Gasteiger charge is 2.32. The van der Waals surface area contributed by atoms with Gasteiger partial charge in [-0.15, -0.1) is 11.8 Å². The monoisotopic (exact) mass is 330 g/mol. The van der Waals surface area contributed by atoms with Crippen LogP contribution in [0, 0.1) is 32.1 Å². The van der Waals surface area contributed by atoms with Crippen LogP contribution in [0.1, 0.15) is 55.2 Å². The summed E-state index contributed by atoms with van der Waals surface area (Å²) in [5.41, 5.74) is 3.02. The Morgan fingerprint density at radius 3 is 2.26 bits per heavy atom. The number of carbonyl (C=O) groups excluding carboxylic acids is 1. The van der Waals surface area contributed by atoms with Gasteiger partial charge in [0.2, 0.25) is 5.91 Å². The molecule has 0 aliphatic heterocycles. The summed E-state index contributed by atoms with van der Waals surface area (Å²) in [6.45, 7) is 6.26. The molecule has 1 saturated carbocycles. The summed E-state index contributed by atoms with van der Waals surface area (Å²) in [5, 5.41) is 12.6. The number of nitriles is 1. The second kappa shape index (κ2) is 7.88. The normalized spacial score (nSPS) is 17.1. The van der Waals surface area contributed by atoms with E-state index in [0.29, 0.717) is 5.75 Å². The van der Waals surface area contributed by atoms with Crippen LogP contribution in [0.25, 0.3) is 0 Å². The van der Waals surface area contributed by atoms with Gasteiger partial charge in [-0.1, -0.05) is 43.4 Å². The lowest BCUT2D eigenvalue weighted by Gasteiger charge is -2.26. The number of amides is 1. The molecule has 1 aliphatic rings. The van der Waals surface area contributed by atoms with Gasteiger partial charge in [0.05, 0.1) is 11.8 Å². The van der Waals surface area contributed by atoms with Crippen LogP contribution in [-0.4, -0.2) is 17.2 Å². The Morgan fingerprint density at radius 1 is 1.17 bits per heavy atom. The molecule has 0 aromatic heterocycles. The minimum atomic E-state index is -0.647. The minimum Gasteiger partial charge on any atom is -0.337 e. The Labute approximate surface area is 143 Å². The van der Waals surface area contributed by atoms with Crippen LogP contribution >= 0.6 is 11.8 Å². The van der Waals surface area contributed by atoms with Crippen LogP contribution in [0.2, 0.25) is 0 Å². The maximum absolute atomic E-state index is 12.4. The molecule has 1 aromatic carbocycles. The molecule has 1 aliphatic carbocycles. The fourth-order valence-corrected chi connectivity index (χ4v) is 4.35. The van der Waals surface area contributed by atoms with Gasteiger partial charge in [-0.3, -0.25) is 4.79 Å². The molecular formula is C19H26N2OS. The molecule has 0 atom stereocenters. The van der Waals surface area contributed by atoms with Gasteiger partial charge in [-0.2, -0.15) is 5.26 Å². The van der Waals surface area contributed by atoms with Gasteiger partial charge in [-0.05, 0) is 44.7 Å². The summed E-state index contributed by atoms with van der Waals surface area (Å²) >= 11 is 1.57. The van der Waals surface area contributed by atoms with E-state index in [1.165, 1.54) is 21.6 Å². The number of aryl methyl sites for hydroxylation is 3. The SMILES string of the molecule is Cc1cc(C)c(SCC(=O)NC2(C#N)CCCCCC2)c(C)c1. The average molecular weight is 330 g/mol. The fraction of sp³-hybridized carbons (Fsp3) is 0.579. The van der Waals surface area contributed by atoms with Crippen molar-refractivity contribution in [3.05, 3.63) is 28.8 Å². The van der Waals surface area contributed by atoms with E-state index in [-0.39, 0.29) is 5.91 Å². The third-order valence-electron chi connectivity index (χ3n) is 4.50. The first-order valence-corrected chi connectivity index (χ1v) is 9.37. The first kappa shape index (κ1) is 17.9. The first-order valence-electron chi connectivity index (χ1n) is 8.39. The van der Waals surface area contributed by atoms with Gasteiger partial charge >= 0.3 is 0 Å². The van der Waals surface area contributed by atoms with E-state index < -0.39 is 5.54 Å². The Bertz CT molecular complexity index is 587. The quantitative estimate of drug-likeness (QED) is 0.656. The molecule has 2 rings (SSSR count). The first-order chi connectivity index (χ1) is 11.0. The molecule has 4 heteroatoms. The predicted molar refractivity (Wildman–Crippen MR) is 95.6 cm³/mol. The van der Waals surface area contributed by atoms with E-state index in [1.807, 2.05) is 0 Å². The van der Waals surface area contributed by atoms with Crippen molar-refractivity contribution in [1.82, 2.24) is 5.32 Å². The Hall–Kier alpha value is -1.47. The van der Waals surface area contributed by atoms with Gasteiger partial charge in [0.1, 0.15) is 5.54 Å². The molecule has 0 unspecified atom stereocenters. The summed E-state index contributed by atoms with van der Waals surface area (Å²) in [6.07, 6.45) is 5.94. The zero-order chi connectivity index (χ0) is 16.9. The van der Waals surface area contributed by atoms with E-state index >= 15 is 0 Å². The van der Waals surface area contributed by atoms with Gasteiger partial charge in [0.15, 0.2) is 0 Å². The number of benzene rings is 1. The maximum Gasteiger partial charge on any atom is 0.231 e. The van der Waals surface area contributed by atoms with Crippen molar-refractivity contribution < 1.29 is 4.79 Å². The van der Waals surface area contributed by atoms with Gasteiger partial charge in [-0.25, -0.2) is 0 Å². The second-order valence-electron chi connectivity index (χ2n) is 6.67. The lowest BCUT2D eigenvalue weighted by atomic mass is 9.92. The second-order valence-corrected chi connectivity index (χ2v) is 7.66. The lowest BCUT2D eigenvalue weighted by molar-refractivity contribution is -0.120. The molecule has 0 heterocycles. The van der Waals surface area contributed by atoms with Crippen molar-refractivity contribution in [2.75, 3.05) is 5.75 Å². The summed E-state index contributed by atoms with van der Waals surface area (Å²) in [4.78, 5) is 13.5. The molecule has 0 bridgehead atoms. The molecule has 124 valence electrons.